The number of nitrogens with zero attached hydrogens (tertiary/aromatic N) is 4. The highest BCUT2D eigenvalue weighted by molar-refractivity contribution is 5.99. The third kappa shape index (κ3) is 3.99. The third-order valence-electron chi connectivity index (χ3n) is 3.76. The Hall–Kier alpha value is -2.67. The zero-order valence-corrected chi connectivity index (χ0v) is 13.9. The molecule has 0 spiro atoms. The van der Waals surface area contributed by atoms with Crippen molar-refractivity contribution in [3.63, 3.8) is 0 Å². The Balaban J connectivity index is 1.75. The van der Waals surface area contributed by atoms with Crippen LogP contribution in [-0.2, 0) is 4.74 Å². The summed E-state index contributed by atoms with van der Waals surface area (Å²) < 4.78 is 5.37. The average molecular weight is 327 g/mol. The first-order valence-corrected chi connectivity index (χ1v) is 7.90. The molecule has 0 aliphatic carbocycles. The summed E-state index contributed by atoms with van der Waals surface area (Å²) >= 11 is 0. The lowest BCUT2D eigenvalue weighted by atomic mass is 10.1. The number of aromatic nitrogens is 2. The topological polar surface area (TPSA) is 82.9 Å². The molecule has 1 aliphatic rings. The fourth-order valence-corrected chi connectivity index (χ4v) is 2.42. The number of aromatic hydroxyl groups is 1. The Morgan fingerprint density at radius 1 is 1.21 bits per heavy atom. The lowest BCUT2D eigenvalue weighted by Gasteiger charge is -2.27. The van der Waals surface area contributed by atoms with Crippen LogP contribution in [0, 0.1) is 6.92 Å². The minimum Gasteiger partial charge on any atom is -0.508 e. The van der Waals surface area contributed by atoms with Gasteiger partial charge in [0.1, 0.15) is 5.75 Å². The molecule has 7 heteroatoms. The van der Waals surface area contributed by atoms with Crippen molar-refractivity contribution in [1.82, 2.24) is 9.97 Å². The van der Waals surface area contributed by atoms with E-state index < -0.39 is 0 Å². The summed E-state index contributed by atoms with van der Waals surface area (Å²) in [5, 5.41) is 13.7. The van der Waals surface area contributed by atoms with Gasteiger partial charge in [0, 0.05) is 24.8 Å². The summed E-state index contributed by atoms with van der Waals surface area (Å²) in [5.74, 6) is 1.58. The van der Waals surface area contributed by atoms with Gasteiger partial charge in [-0.15, -0.1) is 0 Å². The maximum atomic E-state index is 9.35. The maximum absolute atomic E-state index is 9.35. The minimum absolute atomic E-state index is 0.237. The van der Waals surface area contributed by atoms with E-state index in [9.17, 15) is 5.11 Å². The molecule has 1 aromatic carbocycles. The molecule has 0 saturated carbocycles. The predicted octanol–water partition coefficient (Wildman–Crippen LogP) is 2.16. The van der Waals surface area contributed by atoms with Crippen LogP contribution in [-0.4, -0.2) is 47.1 Å². The van der Waals surface area contributed by atoms with Crippen molar-refractivity contribution in [3.05, 3.63) is 41.6 Å². The van der Waals surface area contributed by atoms with Crippen LogP contribution in [0.4, 0.5) is 11.8 Å². The molecule has 1 aliphatic heterocycles. The molecule has 1 aromatic heterocycles. The summed E-state index contributed by atoms with van der Waals surface area (Å²) in [6, 6.07) is 8.78. The van der Waals surface area contributed by atoms with Crippen LogP contribution in [0.3, 0.4) is 0 Å². The standard InChI is InChI=1S/C17H21N5O2/c1-12-11-16(19-17(18-12)22-7-9-24-10-8-22)21-20-13(2)14-3-5-15(23)6-4-14/h3-6,11,23H,7-10H2,1-2H3,(H,18,19,21)/b20-13+. The van der Waals surface area contributed by atoms with Gasteiger partial charge in [0.2, 0.25) is 5.95 Å². The summed E-state index contributed by atoms with van der Waals surface area (Å²) in [6.45, 7) is 6.80. The van der Waals surface area contributed by atoms with Gasteiger partial charge < -0.3 is 14.7 Å². The fourth-order valence-electron chi connectivity index (χ4n) is 2.42. The Labute approximate surface area is 141 Å². The molecule has 2 N–H and O–H groups in total. The van der Waals surface area contributed by atoms with Gasteiger partial charge in [-0.2, -0.15) is 10.1 Å². The van der Waals surface area contributed by atoms with Crippen LogP contribution in [0.5, 0.6) is 5.75 Å². The van der Waals surface area contributed by atoms with Crippen molar-refractivity contribution in [1.29, 1.82) is 0 Å². The second kappa shape index (κ2) is 7.27. The van der Waals surface area contributed by atoms with Gasteiger partial charge in [-0.05, 0) is 43.7 Å². The van der Waals surface area contributed by atoms with E-state index >= 15 is 0 Å². The second-order valence-corrected chi connectivity index (χ2v) is 5.65. The quantitative estimate of drug-likeness (QED) is 0.661. The lowest BCUT2D eigenvalue weighted by molar-refractivity contribution is 0.122. The molecule has 0 bridgehead atoms. The molecule has 0 atom stereocenters. The molecule has 0 amide bonds. The first-order valence-electron chi connectivity index (χ1n) is 7.90. The smallest absolute Gasteiger partial charge is 0.227 e. The number of hydrogen-bond acceptors (Lipinski definition) is 7. The molecule has 1 saturated heterocycles. The molecule has 0 radical (unpaired) electrons. The van der Waals surface area contributed by atoms with E-state index in [1.165, 1.54) is 0 Å². The number of hydrazone groups is 1. The van der Waals surface area contributed by atoms with Crippen LogP contribution >= 0.6 is 0 Å². The highest BCUT2D eigenvalue weighted by atomic mass is 16.5. The molecule has 2 heterocycles. The summed E-state index contributed by atoms with van der Waals surface area (Å²) in [6.07, 6.45) is 0. The van der Waals surface area contributed by atoms with Gasteiger partial charge >= 0.3 is 0 Å². The van der Waals surface area contributed by atoms with Gasteiger partial charge in [0.25, 0.3) is 0 Å². The van der Waals surface area contributed by atoms with Gasteiger partial charge in [-0.3, -0.25) is 5.43 Å². The number of ether oxygens (including phenoxy) is 1. The Morgan fingerprint density at radius 3 is 2.62 bits per heavy atom. The van der Waals surface area contributed by atoms with Crippen LogP contribution in [0.2, 0.25) is 0 Å². The monoisotopic (exact) mass is 327 g/mol. The van der Waals surface area contributed by atoms with Crippen molar-refractivity contribution >= 4 is 17.5 Å². The van der Waals surface area contributed by atoms with Crippen molar-refractivity contribution in [3.8, 4) is 5.75 Å². The molecule has 24 heavy (non-hydrogen) atoms. The molecule has 3 rings (SSSR count). The number of rotatable bonds is 4. The largest absolute Gasteiger partial charge is 0.508 e. The van der Waals surface area contributed by atoms with Crippen molar-refractivity contribution in [2.45, 2.75) is 13.8 Å². The average Bonchev–Trinajstić information content (AvgIpc) is 2.60. The van der Waals surface area contributed by atoms with Crippen molar-refractivity contribution in [2.75, 3.05) is 36.6 Å². The molecule has 2 aromatic rings. The highest BCUT2D eigenvalue weighted by Crippen LogP contribution is 2.16. The first kappa shape index (κ1) is 16.2. The summed E-state index contributed by atoms with van der Waals surface area (Å²) in [7, 11) is 0. The summed E-state index contributed by atoms with van der Waals surface area (Å²) in [4.78, 5) is 11.1. The van der Waals surface area contributed by atoms with Crippen LogP contribution < -0.4 is 10.3 Å². The van der Waals surface area contributed by atoms with E-state index in [1.807, 2.05) is 32.0 Å². The van der Waals surface area contributed by atoms with Crippen LogP contribution in [0.15, 0.2) is 35.4 Å². The molecular formula is C17H21N5O2. The SMILES string of the molecule is C/C(=N\Nc1cc(C)nc(N2CCOCC2)n1)c1ccc(O)cc1. The van der Waals surface area contributed by atoms with Gasteiger partial charge in [-0.25, -0.2) is 4.98 Å². The lowest BCUT2D eigenvalue weighted by Crippen LogP contribution is -2.37. The normalized spacial score (nSPS) is 15.4. The fraction of sp³-hybridized carbons (Fsp3) is 0.353. The van der Waals surface area contributed by atoms with Crippen molar-refractivity contribution < 1.29 is 9.84 Å². The highest BCUT2D eigenvalue weighted by Gasteiger charge is 2.14. The van der Waals surface area contributed by atoms with Crippen LogP contribution in [0.25, 0.3) is 0 Å². The number of benzene rings is 1. The molecular weight excluding hydrogens is 306 g/mol. The van der Waals surface area contributed by atoms with Crippen molar-refractivity contribution in [2.24, 2.45) is 5.10 Å². The molecule has 1 fully saturated rings. The molecule has 7 nitrogen and oxygen atoms in total. The minimum atomic E-state index is 0.237. The Bertz CT molecular complexity index is 724. The van der Waals surface area contributed by atoms with Crippen LogP contribution in [0.1, 0.15) is 18.2 Å². The number of aryl methyl sites for hydroxylation is 1. The summed E-state index contributed by atoms with van der Waals surface area (Å²) in [5.41, 5.74) is 5.61. The number of morpholine rings is 1. The Kier molecular flexibility index (Phi) is 4.90. The van der Waals surface area contributed by atoms with Gasteiger partial charge in [0.15, 0.2) is 5.82 Å². The number of nitrogens with one attached hydrogen (secondary N) is 1. The van der Waals surface area contributed by atoms with E-state index in [2.05, 4.69) is 25.4 Å². The number of phenols is 1. The Morgan fingerprint density at radius 2 is 1.92 bits per heavy atom. The second-order valence-electron chi connectivity index (χ2n) is 5.65. The van der Waals surface area contributed by atoms with Gasteiger partial charge in [-0.1, -0.05) is 0 Å². The zero-order chi connectivity index (χ0) is 16.9. The zero-order valence-electron chi connectivity index (χ0n) is 13.9. The van der Waals surface area contributed by atoms with E-state index in [-0.39, 0.29) is 5.75 Å². The molecule has 0 unspecified atom stereocenters. The number of phenolic OH excluding ortho intramolecular Hbond substituents is 1. The molecule has 126 valence electrons. The van der Waals surface area contributed by atoms with E-state index in [0.29, 0.717) is 25.0 Å². The van der Waals surface area contributed by atoms with E-state index in [4.69, 9.17) is 4.74 Å². The predicted molar refractivity (Wildman–Crippen MR) is 93.7 cm³/mol. The van der Waals surface area contributed by atoms with E-state index in [1.54, 1.807) is 12.1 Å². The number of hydrogen-bond donors (Lipinski definition) is 2. The first-order chi connectivity index (χ1) is 11.6. The van der Waals surface area contributed by atoms with Gasteiger partial charge in [0.05, 0.1) is 18.9 Å². The maximum Gasteiger partial charge on any atom is 0.227 e. The third-order valence-corrected chi connectivity index (χ3v) is 3.76. The van der Waals surface area contributed by atoms with E-state index in [0.717, 1.165) is 30.1 Å². The number of anilines is 2.